The van der Waals surface area contributed by atoms with Crippen molar-refractivity contribution in [3.8, 4) is 0 Å². The number of hydrogen-bond donors (Lipinski definition) is 3. The molecule has 1 aromatic carbocycles. The van der Waals surface area contributed by atoms with Crippen LogP contribution in [0.2, 0.25) is 0 Å². The Bertz CT molecular complexity index is 1110. The fourth-order valence-corrected chi connectivity index (χ4v) is 2.79. The van der Waals surface area contributed by atoms with E-state index in [0.29, 0.717) is 18.3 Å². The van der Waals surface area contributed by atoms with Crippen molar-refractivity contribution in [2.45, 2.75) is 6.18 Å². The fourth-order valence-electron chi connectivity index (χ4n) is 2.21. The standard InChI is InChI=1S/C17H10F5N5O2S/c18-9-4-10(19)11(26-15(29)12-6-25-16(23)30-12)3-8(9)14(28)27-13-2-1-7(5-24-13)17(20,21)22/h1-6H,(H2,23,25)(H,26,29)(H,24,27,28). The highest BCUT2D eigenvalue weighted by Gasteiger charge is 2.30. The number of halogens is 5. The van der Waals surface area contributed by atoms with Gasteiger partial charge in [0.05, 0.1) is 23.0 Å². The van der Waals surface area contributed by atoms with E-state index in [0.717, 1.165) is 29.7 Å². The molecular formula is C17H10F5N5O2S. The molecule has 13 heteroatoms. The summed E-state index contributed by atoms with van der Waals surface area (Å²) in [5.74, 6) is -4.59. The number of nitrogens with one attached hydrogen (secondary N) is 2. The molecule has 0 atom stereocenters. The summed E-state index contributed by atoms with van der Waals surface area (Å²) in [6.45, 7) is 0. The first kappa shape index (κ1) is 21.1. The maximum atomic E-state index is 14.1. The summed E-state index contributed by atoms with van der Waals surface area (Å²) in [6, 6.07) is 2.67. The van der Waals surface area contributed by atoms with Crippen LogP contribution in [0.3, 0.4) is 0 Å². The molecule has 3 aromatic rings. The minimum Gasteiger partial charge on any atom is -0.375 e. The van der Waals surface area contributed by atoms with Gasteiger partial charge in [0.2, 0.25) is 0 Å². The Labute approximate surface area is 168 Å². The van der Waals surface area contributed by atoms with Crippen molar-refractivity contribution in [1.29, 1.82) is 0 Å². The van der Waals surface area contributed by atoms with E-state index in [1.807, 2.05) is 0 Å². The predicted molar refractivity (Wildman–Crippen MR) is 98.0 cm³/mol. The first-order valence-corrected chi connectivity index (χ1v) is 8.72. The number of amides is 2. The molecule has 0 unspecified atom stereocenters. The van der Waals surface area contributed by atoms with Gasteiger partial charge in [0.25, 0.3) is 11.8 Å². The van der Waals surface area contributed by atoms with Crippen LogP contribution in [-0.4, -0.2) is 21.8 Å². The zero-order chi connectivity index (χ0) is 22.1. The molecule has 4 N–H and O–H groups in total. The molecule has 0 spiro atoms. The Morgan fingerprint density at radius 3 is 2.27 bits per heavy atom. The highest BCUT2D eigenvalue weighted by atomic mass is 32.1. The van der Waals surface area contributed by atoms with Crippen LogP contribution in [-0.2, 0) is 6.18 Å². The maximum absolute atomic E-state index is 14.1. The van der Waals surface area contributed by atoms with Crippen LogP contribution in [0.1, 0.15) is 25.6 Å². The molecule has 0 fully saturated rings. The first-order valence-electron chi connectivity index (χ1n) is 7.91. The summed E-state index contributed by atoms with van der Waals surface area (Å²) in [6.07, 6.45) is -2.97. The lowest BCUT2D eigenvalue weighted by atomic mass is 10.1. The zero-order valence-corrected chi connectivity index (χ0v) is 15.4. The number of rotatable bonds is 4. The van der Waals surface area contributed by atoms with E-state index in [9.17, 15) is 31.5 Å². The smallest absolute Gasteiger partial charge is 0.375 e. The molecule has 2 aromatic heterocycles. The van der Waals surface area contributed by atoms with E-state index < -0.39 is 46.4 Å². The van der Waals surface area contributed by atoms with Crippen LogP contribution in [0.25, 0.3) is 0 Å². The van der Waals surface area contributed by atoms with Gasteiger partial charge >= 0.3 is 6.18 Å². The van der Waals surface area contributed by atoms with E-state index in [4.69, 9.17) is 5.73 Å². The molecule has 0 radical (unpaired) electrons. The summed E-state index contributed by atoms with van der Waals surface area (Å²) in [5.41, 5.74) is 3.20. The highest BCUT2D eigenvalue weighted by Crippen LogP contribution is 2.29. The predicted octanol–water partition coefficient (Wildman–Crippen LogP) is 3.92. The molecule has 0 saturated heterocycles. The van der Waals surface area contributed by atoms with E-state index >= 15 is 0 Å². The molecule has 30 heavy (non-hydrogen) atoms. The third-order valence-corrected chi connectivity index (χ3v) is 4.45. The second kappa shape index (κ2) is 8.02. The minimum atomic E-state index is -4.62. The van der Waals surface area contributed by atoms with Crippen molar-refractivity contribution in [2.75, 3.05) is 16.4 Å². The number of aromatic nitrogens is 2. The van der Waals surface area contributed by atoms with Crippen molar-refractivity contribution < 1.29 is 31.5 Å². The van der Waals surface area contributed by atoms with Crippen molar-refractivity contribution in [3.63, 3.8) is 0 Å². The Morgan fingerprint density at radius 1 is 0.967 bits per heavy atom. The summed E-state index contributed by atoms with van der Waals surface area (Å²) < 4.78 is 65.7. The summed E-state index contributed by atoms with van der Waals surface area (Å²) in [4.78, 5) is 31.5. The SMILES string of the molecule is Nc1ncc(C(=O)Nc2cc(C(=O)Nc3ccc(C(F)(F)F)cn3)c(F)cc2F)s1. The first-order chi connectivity index (χ1) is 14.0. The number of carbonyl (C=O) groups is 2. The van der Waals surface area contributed by atoms with Crippen molar-refractivity contribution in [1.82, 2.24) is 9.97 Å². The van der Waals surface area contributed by atoms with Gasteiger partial charge in [-0.2, -0.15) is 13.2 Å². The number of nitrogens with two attached hydrogens (primary N) is 1. The molecule has 0 aliphatic heterocycles. The number of thiazole rings is 1. The van der Waals surface area contributed by atoms with Gasteiger partial charge in [0.15, 0.2) is 5.13 Å². The lowest BCUT2D eigenvalue weighted by molar-refractivity contribution is -0.137. The summed E-state index contributed by atoms with van der Waals surface area (Å²) in [7, 11) is 0. The van der Waals surface area contributed by atoms with Crippen molar-refractivity contribution in [3.05, 3.63) is 64.3 Å². The zero-order valence-electron chi connectivity index (χ0n) is 14.6. The number of nitrogens with zero attached hydrogens (tertiary/aromatic N) is 2. The van der Waals surface area contributed by atoms with Crippen LogP contribution in [0, 0.1) is 11.6 Å². The van der Waals surface area contributed by atoms with Crippen molar-refractivity contribution >= 4 is 39.8 Å². The number of nitrogen functional groups attached to an aromatic ring is 1. The molecule has 3 rings (SSSR count). The number of hydrogen-bond acceptors (Lipinski definition) is 6. The lowest BCUT2D eigenvalue weighted by Crippen LogP contribution is -2.17. The number of alkyl halides is 3. The monoisotopic (exact) mass is 443 g/mol. The Kier molecular flexibility index (Phi) is 5.64. The van der Waals surface area contributed by atoms with Crippen LogP contribution in [0.5, 0.6) is 0 Å². The Morgan fingerprint density at radius 2 is 1.70 bits per heavy atom. The maximum Gasteiger partial charge on any atom is 0.417 e. The van der Waals surface area contributed by atoms with E-state index in [1.165, 1.54) is 0 Å². The second-order valence-electron chi connectivity index (χ2n) is 5.71. The van der Waals surface area contributed by atoms with Crippen molar-refractivity contribution in [2.24, 2.45) is 0 Å². The average molecular weight is 443 g/mol. The van der Waals surface area contributed by atoms with Gasteiger partial charge < -0.3 is 16.4 Å². The van der Waals surface area contributed by atoms with Crippen LogP contribution >= 0.6 is 11.3 Å². The molecule has 0 aliphatic rings. The highest BCUT2D eigenvalue weighted by molar-refractivity contribution is 7.17. The number of pyridine rings is 1. The Balaban J connectivity index is 1.80. The van der Waals surface area contributed by atoms with E-state index in [-0.39, 0.29) is 15.8 Å². The third kappa shape index (κ3) is 4.68. The average Bonchev–Trinajstić information content (AvgIpc) is 3.10. The Hall–Kier alpha value is -3.61. The molecule has 0 aliphatic carbocycles. The van der Waals surface area contributed by atoms with Gasteiger partial charge in [-0.05, 0) is 18.2 Å². The summed E-state index contributed by atoms with van der Waals surface area (Å²) >= 11 is 0.830. The van der Waals surface area contributed by atoms with Gasteiger partial charge in [-0.25, -0.2) is 18.7 Å². The quantitative estimate of drug-likeness (QED) is 0.530. The van der Waals surface area contributed by atoms with Crippen LogP contribution in [0.4, 0.5) is 38.6 Å². The molecule has 0 bridgehead atoms. The van der Waals surface area contributed by atoms with Crippen LogP contribution < -0.4 is 16.4 Å². The van der Waals surface area contributed by atoms with Crippen LogP contribution in [0.15, 0.2) is 36.7 Å². The topological polar surface area (TPSA) is 110 Å². The van der Waals surface area contributed by atoms with Gasteiger partial charge in [-0.15, -0.1) is 0 Å². The molecule has 2 heterocycles. The largest absolute Gasteiger partial charge is 0.417 e. The summed E-state index contributed by atoms with van der Waals surface area (Å²) in [5, 5.41) is 4.36. The van der Waals surface area contributed by atoms with Gasteiger partial charge in [0, 0.05) is 12.3 Å². The molecule has 7 nitrogen and oxygen atoms in total. The lowest BCUT2D eigenvalue weighted by Gasteiger charge is -2.10. The van der Waals surface area contributed by atoms with E-state index in [1.54, 1.807) is 0 Å². The molecular weight excluding hydrogens is 433 g/mol. The third-order valence-electron chi connectivity index (χ3n) is 3.63. The van der Waals surface area contributed by atoms with Gasteiger partial charge in [-0.1, -0.05) is 11.3 Å². The number of carbonyl (C=O) groups excluding carboxylic acids is 2. The number of anilines is 3. The molecule has 0 saturated carbocycles. The fraction of sp³-hybridized carbons (Fsp3) is 0.0588. The van der Waals surface area contributed by atoms with Gasteiger partial charge in [0.1, 0.15) is 22.3 Å². The number of benzene rings is 1. The van der Waals surface area contributed by atoms with Gasteiger partial charge in [-0.3, -0.25) is 9.59 Å². The second-order valence-corrected chi connectivity index (χ2v) is 6.77. The molecule has 156 valence electrons. The molecule has 2 amide bonds. The van der Waals surface area contributed by atoms with E-state index in [2.05, 4.69) is 20.6 Å². The minimum absolute atomic E-state index is 0.0520. The normalized spacial score (nSPS) is 11.2.